The van der Waals surface area contributed by atoms with Gasteiger partial charge in [-0.2, -0.15) is 4.98 Å². The van der Waals surface area contributed by atoms with Crippen molar-refractivity contribution in [3.8, 4) is 11.1 Å². The number of anilines is 1. The fourth-order valence-electron chi connectivity index (χ4n) is 3.09. The van der Waals surface area contributed by atoms with Gasteiger partial charge in [0, 0.05) is 13.1 Å². The summed E-state index contributed by atoms with van der Waals surface area (Å²) in [5, 5.41) is 12.3. The molecule has 0 radical (unpaired) electrons. The third kappa shape index (κ3) is 4.59. The van der Waals surface area contributed by atoms with Crippen LogP contribution in [0.2, 0.25) is 0 Å². The van der Waals surface area contributed by atoms with Gasteiger partial charge in [-0.25, -0.2) is 9.31 Å². The largest absolute Gasteiger partial charge is 0.351 e. The molecule has 8 nitrogen and oxygen atoms in total. The number of nitrogens with zero attached hydrogens (tertiary/aromatic N) is 3. The number of aromatic nitrogens is 3. The van der Waals surface area contributed by atoms with Crippen molar-refractivity contribution in [3.05, 3.63) is 47.7 Å². The fraction of sp³-hybridized carbons (Fsp3) is 0.364. The van der Waals surface area contributed by atoms with Gasteiger partial charge in [-0.05, 0) is 48.1 Å². The second-order valence-electron chi connectivity index (χ2n) is 8.01. The monoisotopic (exact) mass is 408 g/mol. The minimum atomic E-state index is -0.397. The Bertz CT molecular complexity index is 1060. The highest BCUT2D eigenvalue weighted by atomic mass is 16.2. The topological polar surface area (TPSA) is 100 Å². The first kappa shape index (κ1) is 21.3. The summed E-state index contributed by atoms with van der Waals surface area (Å²) < 4.78 is 1.44. The molecule has 0 saturated heterocycles. The van der Waals surface area contributed by atoms with Gasteiger partial charge in [-0.1, -0.05) is 45.0 Å². The van der Waals surface area contributed by atoms with Crippen LogP contribution in [0.25, 0.3) is 16.8 Å². The summed E-state index contributed by atoms with van der Waals surface area (Å²) in [6.45, 7) is 11.2. The third-order valence-corrected chi connectivity index (χ3v) is 4.65. The van der Waals surface area contributed by atoms with Gasteiger partial charge in [-0.3, -0.25) is 10.1 Å². The number of nitrogens with one attached hydrogen (secondary N) is 3. The minimum Gasteiger partial charge on any atom is -0.351 e. The van der Waals surface area contributed by atoms with E-state index < -0.39 is 6.03 Å². The molecule has 0 aliphatic heterocycles. The second-order valence-corrected chi connectivity index (χ2v) is 8.01. The lowest BCUT2D eigenvalue weighted by Crippen LogP contribution is -2.28. The van der Waals surface area contributed by atoms with Crippen molar-refractivity contribution in [2.45, 2.75) is 40.0 Å². The maximum absolute atomic E-state index is 12.7. The van der Waals surface area contributed by atoms with Crippen molar-refractivity contribution in [1.29, 1.82) is 0 Å². The van der Waals surface area contributed by atoms with Crippen LogP contribution >= 0.6 is 0 Å². The first-order valence-electron chi connectivity index (χ1n) is 10.1. The molecule has 3 amide bonds. The lowest BCUT2D eigenvalue weighted by atomic mass is 9.86. The SMILES string of the molecule is CCNC(=O)Nc1nc2cc(-c3ccc(C(C)(C)C)cc3)cc(C(=O)NCC)n2n1. The molecule has 0 atom stereocenters. The standard InChI is InChI=1S/C22H28N6O2/c1-6-23-19(29)17-12-15(14-8-10-16(11-9-14)22(3,4)5)13-18-25-20(27-28(17)18)26-21(30)24-7-2/h8-13H,6-7H2,1-5H3,(H,23,29)(H2,24,26,27,30). The number of hydrogen-bond acceptors (Lipinski definition) is 4. The Morgan fingerprint density at radius 1 is 0.967 bits per heavy atom. The van der Waals surface area contributed by atoms with Gasteiger partial charge in [0.05, 0.1) is 0 Å². The molecule has 2 heterocycles. The predicted octanol–water partition coefficient (Wildman–Crippen LogP) is 3.58. The zero-order valence-electron chi connectivity index (χ0n) is 18.0. The summed E-state index contributed by atoms with van der Waals surface area (Å²) in [6.07, 6.45) is 0. The van der Waals surface area contributed by atoms with Gasteiger partial charge in [0.25, 0.3) is 11.9 Å². The van der Waals surface area contributed by atoms with Crippen molar-refractivity contribution in [2.24, 2.45) is 0 Å². The lowest BCUT2D eigenvalue weighted by Gasteiger charge is -2.19. The van der Waals surface area contributed by atoms with E-state index in [-0.39, 0.29) is 17.3 Å². The van der Waals surface area contributed by atoms with Crippen molar-refractivity contribution in [1.82, 2.24) is 25.2 Å². The summed E-state index contributed by atoms with van der Waals surface area (Å²) in [5.41, 5.74) is 3.92. The normalized spacial score (nSPS) is 11.4. The van der Waals surface area contributed by atoms with Crippen LogP contribution in [0.5, 0.6) is 0 Å². The van der Waals surface area contributed by atoms with Crippen LogP contribution in [-0.4, -0.2) is 39.6 Å². The molecule has 0 bridgehead atoms. The Morgan fingerprint density at radius 2 is 1.63 bits per heavy atom. The maximum atomic E-state index is 12.7. The second kappa shape index (κ2) is 8.52. The molecule has 0 saturated carbocycles. The molecule has 3 N–H and O–H groups in total. The van der Waals surface area contributed by atoms with Crippen LogP contribution in [0, 0.1) is 0 Å². The molecule has 2 aromatic heterocycles. The Balaban J connectivity index is 2.07. The molecular formula is C22H28N6O2. The van der Waals surface area contributed by atoms with E-state index in [2.05, 4.69) is 58.9 Å². The molecule has 1 aromatic carbocycles. The van der Waals surface area contributed by atoms with Crippen molar-refractivity contribution in [2.75, 3.05) is 18.4 Å². The number of rotatable bonds is 5. The minimum absolute atomic E-state index is 0.0568. The maximum Gasteiger partial charge on any atom is 0.321 e. The number of urea groups is 1. The number of pyridine rings is 1. The number of benzene rings is 1. The Labute approximate surface area is 176 Å². The zero-order valence-corrected chi connectivity index (χ0v) is 18.0. The Hall–Kier alpha value is -3.42. The molecular weight excluding hydrogens is 380 g/mol. The molecule has 30 heavy (non-hydrogen) atoms. The molecule has 0 spiro atoms. The van der Waals surface area contributed by atoms with E-state index in [4.69, 9.17) is 0 Å². The Kier molecular flexibility index (Phi) is 6.05. The summed E-state index contributed by atoms with van der Waals surface area (Å²) in [4.78, 5) is 28.9. The van der Waals surface area contributed by atoms with E-state index in [0.717, 1.165) is 11.1 Å². The number of hydrogen-bond donors (Lipinski definition) is 3. The van der Waals surface area contributed by atoms with Gasteiger partial charge in [-0.15, -0.1) is 5.10 Å². The van der Waals surface area contributed by atoms with Gasteiger partial charge in [0.1, 0.15) is 5.69 Å². The van der Waals surface area contributed by atoms with Gasteiger partial charge < -0.3 is 10.6 Å². The first-order chi connectivity index (χ1) is 14.2. The van der Waals surface area contributed by atoms with Gasteiger partial charge in [0.15, 0.2) is 5.65 Å². The van der Waals surface area contributed by atoms with Crippen LogP contribution in [-0.2, 0) is 5.41 Å². The predicted molar refractivity (Wildman–Crippen MR) is 118 cm³/mol. The first-order valence-corrected chi connectivity index (χ1v) is 10.1. The number of carbonyl (C=O) groups excluding carboxylic acids is 2. The van der Waals surface area contributed by atoms with E-state index in [1.807, 2.05) is 32.0 Å². The summed E-state index contributed by atoms with van der Waals surface area (Å²) in [5.74, 6) is -0.128. The summed E-state index contributed by atoms with van der Waals surface area (Å²) >= 11 is 0. The Morgan fingerprint density at radius 3 is 2.23 bits per heavy atom. The molecule has 8 heteroatoms. The molecule has 0 aliphatic carbocycles. The van der Waals surface area contributed by atoms with E-state index in [1.165, 1.54) is 10.1 Å². The van der Waals surface area contributed by atoms with Gasteiger partial charge >= 0.3 is 6.03 Å². The quantitative estimate of drug-likeness (QED) is 0.601. The number of amides is 3. The number of fused-ring (bicyclic) bond motifs is 1. The van der Waals surface area contributed by atoms with Crippen molar-refractivity contribution < 1.29 is 9.59 Å². The molecule has 3 aromatic rings. The van der Waals surface area contributed by atoms with Gasteiger partial charge in [0.2, 0.25) is 0 Å². The highest BCUT2D eigenvalue weighted by Crippen LogP contribution is 2.27. The van der Waals surface area contributed by atoms with Crippen molar-refractivity contribution >= 4 is 23.5 Å². The molecule has 0 fully saturated rings. The average Bonchev–Trinajstić information content (AvgIpc) is 3.09. The summed E-state index contributed by atoms with van der Waals surface area (Å²) in [7, 11) is 0. The van der Waals surface area contributed by atoms with Crippen LogP contribution in [0.1, 0.15) is 50.7 Å². The third-order valence-electron chi connectivity index (χ3n) is 4.65. The van der Waals surface area contributed by atoms with E-state index in [1.54, 1.807) is 6.07 Å². The highest BCUT2D eigenvalue weighted by molar-refractivity contribution is 5.95. The average molecular weight is 409 g/mol. The van der Waals surface area contributed by atoms with E-state index in [0.29, 0.717) is 24.4 Å². The fourth-order valence-corrected chi connectivity index (χ4v) is 3.09. The van der Waals surface area contributed by atoms with Crippen LogP contribution < -0.4 is 16.0 Å². The highest BCUT2D eigenvalue weighted by Gasteiger charge is 2.18. The smallest absolute Gasteiger partial charge is 0.321 e. The van der Waals surface area contributed by atoms with Crippen LogP contribution in [0.3, 0.4) is 0 Å². The molecule has 0 aliphatic rings. The zero-order chi connectivity index (χ0) is 21.9. The van der Waals surface area contributed by atoms with E-state index >= 15 is 0 Å². The van der Waals surface area contributed by atoms with Crippen molar-refractivity contribution in [3.63, 3.8) is 0 Å². The molecule has 0 unspecified atom stereocenters. The lowest BCUT2D eigenvalue weighted by molar-refractivity contribution is 0.0948. The number of carbonyl (C=O) groups is 2. The van der Waals surface area contributed by atoms with Crippen LogP contribution in [0.4, 0.5) is 10.7 Å². The summed E-state index contributed by atoms with van der Waals surface area (Å²) in [6, 6.07) is 11.5. The van der Waals surface area contributed by atoms with E-state index in [9.17, 15) is 9.59 Å². The molecule has 3 rings (SSSR count). The van der Waals surface area contributed by atoms with Crippen LogP contribution in [0.15, 0.2) is 36.4 Å². The molecule has 158 valence electrons.